The Morgan fingerprint density at radius 2 is 0.932 bits per heavy atom. The van der Waals surface area contributed by atoms with Gasteiger partial charge in [-0.05, 0) is 99.0 Å². The molecule has 4 heterocycles. The maximum Gasteiger partial charge on any atom is 0.249 e. The number of anilines is 5. The number of hydrogen-bond acceptors (Lipinski definition) is 4. The molecule has 1 spiro atoms. The van der Waals surface area contributed by atoms with Gasteiger partial charge in [-0.3, -0.25) is 0 Å². The van der Waals surface area contributed by atoms with Gasteiger partial charge in [-0.1, -0.05) is 231 Å². The lowest BCUT2D eigenvalue weighted by Crippen LogP contribution is -2.59. The molecule has 10 aromatic carbocycles. The van der Waals surface area contributed by atoms with Gasteiger partial charge in [0.15, 0.2) is 5.60 Å². The highest BCUT2D eigenvalue weighted by Crippen LogP contribution is 2.68. The van der Waals surface area contributed by atoms with E-state index >= 15 is 0 Å². The molecular weight excluding hydrogens is 916 g/mol. The molecule has 0 amide bonds. The minimum absolute atomic E-state index is 0.126. The normalized spacial score (nSPS) is 19.1. The Kier molecular flexibility index (Phi) is 9.45. The van der Waals surface area contributed by atoms with Gasteiger partial charge in [-0.15, -0.1) is 0 Å². The van der Waals surface area contributed by atoms with Gasteiger partial charge >= 0.3 is 0 Å². The number of para-hydroxylation sites is 2. The quantitative estimate of drug-likeness (QED) is 0.154. The minimum Gasteiger partial charge on any atom is -0.477 e. The van der Waals surface area contributed by atoms with Crippen molar-refractivity contribution in [1.82, 2.24) is 0 Å². The molecule has 2 atom stereocenters. The smallest absolute Gasteiger partial charge is 0.249 e. The molecule has 10 aromatic rings. The first-order valence-electron chi connectivity index (χ1n) is 26.0. The van der Waals surface area contributed by atoms with E-state index in [9.17, 15) is 0 Å². The van der Waals surface area contributed by atoms with E-state index in [0.29, 0.717) is 0 Å². The average molecular weight is 967 g/mol. The van der Waals surface area contributed by atoms with Crippen molar-refractivity contribution in [3.05, 3.63) is 287 Å². The summed E-state index contributed by atoms with van der Waals surface area (Å²) < 4.78 is 7.22. The van der Waals surface area contributed by atoms with Gasteiger partial charge in [0.05, 0.1) is 21.2 Å². The molecule has 2 unspecified atom stereocenters. The van der Waals surface area contributed by atoms with Crippen LogP contribution in [0, 0.1) is 6.92 Å². The third kappa shape index (κ3) is 5.93. The lowest BCUT2D eigenvalue weighted by atomic mass is 9.29. The number of ether oxygens (including phenoxy) is 1. The predicted octanol–water partition coefficient (Wildman–Crippen LogP) is 16.1. The zero-order valence-corrected chi connectivity index (χ0v) is 42.4. The Hall–Kier alpha value is -8.25. The van der Waals surface area contributed by atoms with Crippen LogP contribution in [0.2, 0.25) is 0 Å². The molecular formula is C69H51BN2OS. The summed E-state index contributed by atoms with van der Waals surface area (Å²) in [5, 5.41) is 1.29. The van der Waals surface area contributed by atoms with Crippen LogP contribution in [0.25, 0.3) is 33.4 Å². The predicted molar refractivity (Wildman–Crippen MR) is 310 cm³/mol. The highest BCUT2D eigenvalue weighted by atomic mass is 32.2. The third-order valence-corrected chi connectivity index (χ3v) is 18.9. The average Bonchev–Trinajstić information content (AvgIpc) is 4.05. The van der Waals surface area contributed by atoms with Crippen LogP contribution in [0.1, 0.15) is 47.2 Å². The monoisotopic (exact) mass is 966 g/mol. The van der Waals surface area contributed by atoms with Crippen molar-refractivity contribution in [3.63, 3.8) is 0 Å². The molecule has 15 rings (SSSR count). The summed E-state index contributed by atoms with van der Waals surface area (Å²) in [7, 11) is 0. The van der Waals surface area contributed by atoms with Gasteiger partial charge in [0.25, 0.3) is 0 Å². The lowest BCUT2D eigenvalue weighted by Gasteiger charge is -2.48. The molecule has 5 aliphatic rings. The first kappa shape index (κ1) is 43.3. The lowest BCUT2D eigenvalue weighted by molar-refractivity contribution is 0.145. The molecule has 0 aromatic heterocycles. The van der Waals surface area contributed by atoms with Gasteiger partial charge in [0.1, 0.15) is 5.75 Å². The van der Waals surface area contributed by atoms with E-state index in [2.05, 4.69) is 273 Å². The Morgan fingerprint density at radius 3 is 1.51 bits per heavy atom. The number of thioether (sulfide) groups is 1. The molecule has 0 saturated heterocycles. The van der Waals surface area contributed by atoms with E-state index < -0.39 is 15.8 Å². The number of hydrogen-bond donors (Lipinski definition) is 0. The number of rotatable bonds is 6. The molecule has 5 heteroatoms. The summed E-state index contributed by atoms with van der Waals surface area (Å²) in [6, 6.07) is 90.4. The molecule has 0 bridgehead atoms. The van der Waals surface area contributed by atoms with Crippen LogP contribution in [0.5, 0.6) is 5.75 Å². The molecule has 74 heavy (non-hydrogen) atoms. The van der Waals surface area contributed by atoms with Crippen molar-refractivity contribution in [3.8, 4) is 39.1 Å². The standard InChI is InChI=1S/C69H51BN2OS/c1-45-40-61-64-62(41-45)72(59-39-23-19-33-52(59)47-26-10-5-11-27-47)66-65(67(2,49-28-12-6-13-29-49)68(3,74-66)50-30-14-7-15-31-50)70(64)57-42-48-44-69(55-36-20-16-34-53(55)54-35-17-21-37-56(54)69)73-63(48)43-60(57)71(61)58-38-22-18-32-51(58)46-24-8-4-9-25-46/h4-43H,44H2,1-3H3. The molecule has 0 radical (unpaired) electrons. The molecule has 0 fully saturated rings. The Labute approximate surface area is 438 Å². The molecule has 1 aliphatic carbocycles. The van der Waals surface area contributed by atoms with Gasteiger partial charge in [0, 0.05) is 57.2 Å². The molecule has 0 N–H and O–H groups in total. The van der Waals surface area contributed by atoms with Crippen LogP contribution in [0.4, 0.5) is 28.4 Å². The van der Waals surface area contributed by atoms with Gasteiger partial charge in [-0.2, -0.15) is 0 Å². The summed E-state index contributed by atoms with van der Waals surface area (Å²) >= 11 is 2.04. The van der Waals surface area contributed by atoms with E-state index in [1.54, 1.807) is 0 Å². The van der Waals surface area contributed by atoms with Gasteiger partial charge in [-0.25, -0.2) is 0 Å². The van der Waals surface area contributed by atoms with Gasteiger partial charge < -0.3 is 14.5 Å². The van der Waals surface area contributed by atoms with E-state index in [1.165, 1.54) is 105 Å². The molecule has 0 saturated carbocycles. The summed E-state index contributed by atoms with van der Waals surface area (Å²) in [4.78, 5) is 5.26. The van der Waals surface area contributed by atoms with E-state index in [1.807, 2.05) is 11.8 Å². The van der Waals surface area contributed by atoms with Crippen molar-refractivity contribution in [2.45, 2.75) is 43.0 Å². The fourth-order valence-corrected chi connectivity index (χ4v) is 15.5. The Bertz CT molecular complexity index is 3910. The highest BCUT2D eigenvalue weighted by Gasteiger charge is 2.63. The summed E-state index contributed by atoms with van der Waals surface area (Å²) in [6.07, 6.45) is 0.736. The number of allylic oxidation sites excluding steroid dienone is 1. The highest BCUT2D eigenvalue weighted by molar-refractivity contribution is 8.04. The Balaban J connectivity index is 1.07. The zero-order chi connectivity index (χ0) is 49.3. The SMILES string of the molecule is Cc1cc2c3c(c1)N(c1ccccc1-c1ccccc1)c1cc4c(cc1B3C1=C(SC(C)(c3ccccc3)C1(C)c1ccccc1)N2c1ccccc1-c1ccccc1)CC1(O4)c2ccccc2-c2ccccc21. The number of fused-ring (bicyclic) bond motifs is 9. The van der Waals surface area contributed by atoms with Crippen molar-refractivity contribution in [2.24, 2.45) is 0 Å². The largest absolute Gasteiger partial charge is 0.477 e. The second kappa shape index (κ2) is 16.1. The Morgan fingerprint density at radius 1 is 0.459 bits per heavy atom. The van der Waals surface area contributed by atoms with Crippen molar-refractivity contribution in [2.75, 3.05) is 9.80 Å². The van der Waals surface area contributed by atoms with Crippen LogP contribution in [-0.4, -0.2) is 6.71 Å². The second-order valence-electron chi connectivity index (χ2n) is 21.0. The topological polar surface area (TPSA) is 15.7 Å². The van der Waals surface area contributed by atoms with Crippen molar-refractivity contribution >= 4 is 57.8 Å². The molecule has 3 nitrogen and oxygen atoms in total. The first-order valence-corrected chi connectivity index (χ1v) is 26.8. The zero-order valence-electron chi connectivity index (χ0n) is 41.6. The number of benzene rings is 10. The first-order chi connectivity index (χ1) is 36.4. The summed E-state index contributed by atoms with van der Waals surface area (Å²) in [5.41, 5.74) is 23.5. The maximum atomic E-state index is 7.66. The molecule has 4 aliphatic heterocycles. The van der Waals surface area contributed by atoms with Crippen molar-refractivity contribution in [1.29, 1.82) is 0 Å². The number of aryl methyl sites for hydroxylation is 1. The van der Waals surface area contributed by atoms with Crippen molar-refractivity contribution < 1.29 is 4.74 Å². The fraction of sp³-hybridized carbons (Fsp3) is 0.101. The molecule has 352 valence electrons. The fourth-order valence-electron chi connectivity index (χ4n) is 13.8. The van der Waals surface area contributed by atoms with E-state index in [0.717, 1.165) is 23.5 Å². The van der Waals surface area contributed by atoms with Crippen LogP contribution in [0.3, 0.4) is 0 Å². The van der Waals surface area contributed by atoms with E-state index in [-0.39, 0.29) is 6.71 Å². The maximum absolute atomic E-state index is 7.66. The van der Waals surface area contributed by atoms with Gasteiger partial charge in [0.2, 0.25) is 6.71 Å². The summed E-state index contributed by atoms with van der Waals surface area (Å²) in [6.45, 7) is 7.22. The minimum atomic E-state index is -0.649. The van der Waals surface area contributed by atoms with Crippen LogP contribution in [-0.2, 0) is 22.2 Å². The number of nitrogens with zero attached hydrogens (tertiary/aromatic N) is 2. The van der Waals surface area contributed by atoms with Crippen LogP contribution >= 0.6 is 11.8 Å². The van der Waals surface area contributed by atoms with Crippen LogP contribution < -0.4 is 25.5 Å². The van der Waals surface area contributed by atoms with E-state index in [4.69, 9.17) is 4.74 Å². The second-order valence-corrected chi connectivity index (χ2v) is 22.4. The summed E-state index contributed by atoms with van der Waals surface area (Å²) in [5.74, 6) is 0.943. The van der Waals surface area contributed by atoms with Crippen LogP contribution in [0.15, 0.2) is 253 Å². The third-order valence-electron chi connectivity index (χ3n) is 17.2.